The lowest BCUT2D eigenvalue weighted by molar-refractivity contribution is -0.116. The number of aromatic nitrogens is 2. The molecule has 1 atom stereocenters. The number of carbonyl (C=O) groups is 4. The van der Waals surface area contributed by atoms with Crippen molar-refractivity contribution in [2.24, 2.45) is 19.1 Å². The van der Waals surface area contributed by atoms with Crippen LogP contribution in [-0.4, -0.2) is 76.7 Å². The van der Waals surface area contributed by atoms with E-state index in [-0.39, 0.29) is 42.7 Å². The summed E-state index contributed by atoms with van der Waals surface area (Å²) in [5.74, 6) is 0.0553. The molecule has 4 amide bonds. The van der Waals surface area contributed by atoms with Gasteiger partial charge in [-0.15, -0.1) is 0 Å². The van der Waals surface area contributed by atoms with Crippen LogP contribution in [0.1, 0.15) is 70.4 Å². The summed E-state index contributed by atoms with van der Waals surface area (Å²) in [4.78, 5) is 58.9. The van der Waals surface area contributed by atoms with E-state index in [2.05, 4.69) is 26.3 Å². The lowest BCUT2D eigenvalue weighted by atomic mass is 10.0. The molecule has 4 N–H and O–H groups in total. The molecule has 0 bridgehead atoms. The Kier molecular flexibility index (Phi) is 11.9. The molecule has 14 heteroatoms. The van der Waals surface area contributed by atoms with Crippen molar-refractivity contribution in [1.29, 1.82) is 0 Å². The first-order valence-corrected chi connectivity index (χ1v) is 19.5. The molecule has 7 rings (SSSR count). The van der Waals surface area contributed by atoms with Gasteiger partial charge in [0.25, 0.3) is 17.7 Å². The Balaban J connectivity index is 0.893. The van der Waals surface area contributed by atoms with Gasteiger partial charge >= 0.3 is 0 Å². The molecule has 0 saturated carbocycles. The Morgan fingerprint density at radius 1 is 0.776 bits per heavy atom. The number of amides is 4. The summed E-state index contributed by atoms with van der Waals surface area (Å²) in [6.45, 7) is 3.79. The number of aryl methyl sites for hydroxylation is 2. The zero-order chi connectivity index (χ0) is 40.8. The number of fused-ring (bicyclic) bond motifs is 2. The van der Waals surface area contributed by atoms with Crippen molar-refractivity contribution in [2.45, 2.75) is 45.1 Å². The van der Waals surface area contributed by atoms with Gasteiger partial charge in [0.05, 0.1) is 36.7 Å². The van der Waals surface area contributed by atoms with Crippen molar-refractivity contribution in [2.75, 3.05) is 48.1 Å². The van der Waals surface area contributed by atoms with Crippen LogP contribution in [0.15, 0.2) is 90.2 Å². The number of methoxy groups -OCH3 is 1. The predicted octanol–water partition coefficient (Wildman–Crippen LogP) is 7.48. The van der Waals surface area contributed by atoms with Gasteiger partial charge in [-0.1, -0.05) is 12.1 Å². The first-order valence-electron chi connectivity index (χ1n) is 19.5. The number of nitrogens with one attached hydrogen (secondary N) is 4. The largest absolute Gasteiger partial charge is 0.493 e. The summed E-state index contributed by atoms with van der Waals surface area (Å²) < 4.78 is 15.0. The fraction of sp³-hybridized carbons (Fsp3) is 0.295. The van der Waals surface area contributed by atoms with Gasteiger partial charge in [0.1, 0.15) is 11.4 Å². The van der Waals surface area contributed by atoms with E-state index < -0.39 is 0 Å². The molecule has 2 aliphatic heterocycles. The second-order valence-electron chi connectivity index (χ2n) is 14.4. The van der Waals surface area contributed by atoms with E-state index in [0.29, 0.717) is 64.2 Å². The average molecular weight is 785 g/mol. The number of anilines is 4. The lowest BCUT2D eigenvalue weighted by Crippen LogP contribution is -2.43. The maximum Gasteiger partial charge on any atom is 0.272 e. The van der Waals surface area contributed by atoms with Crippen LogP contribution >= 0.6 is 0 Å². The molecule has 1 fully saturated rings. The number of aliphatic imine (C=N–C) groups is 1. The maximum atomic E-state index is 13.3. The Morgan fingerprint density at radius 3 is 2.16 bits per heavy atom. The molecule has 0 spiro atoms. The maximum absolute atomic E-state index is 13.3. The molecule has 58 heavy (non-hydrogen) atoms. The van der Waals surface area contributed by atoms with Crippen molar-refractivity contribution in [1.82, 2.24) is 14.0 Å². The molecule has 14 nitrogen and oxygen atoms in total. The van der Waals surface area contributed by atoms with E-state index >= 15 is 0 Å². The fourth-order valence-corrected chi connectivity index (χ4v) is 7.24. The van der Waals surface area contributed by atoms with E-state index in [0.717, 1.165) is 42.6 Å². The zero-order valence-electron chi connectivity index (χ0n) is 33.1. The third kappa shape index (κ3) is 8.91. The first-order chi connectivity index (χ1) is 28.1. The lowest BCUT2D eigenvalue weighted by Gasteiger charge is -2.32. The monoisotopic (exact) mass is 784 g/mol. The minimum absolute atomic E-state index is 0.00676. The molecule has 3 aromatic carbocycles. The molecular weight excluding hydrogens is 737 g/mol. The zero-order valence-corrected chi connectivity index (χ0v) is 33.1. The standard InChI is InChI=1S/C44H48N8O6/c1-5-45-30-15-17-32(18-16-30)49-42(54)37-21-29(26-50(37)2)28-11-13-31(14-12-28)48-43(55)38-22-33(27-51(38)3)47-41(53)10-8-20-58-40-24-36-35(23-39(40)57-4)44(56)52-19-7-6-9-34(52)25-46-36/h11-18,21-27,34,45H,5-10,19-20H2,1-4H3,(H,47,53)(H,48,55)(H,49,54). The summed E-state index contributed by atoms with van der Waals surface area (Å²) >= 11 is 0. The number of ether oxygens (including phenoxy) is 2. The number of hydrogen-bond acceptors (Lipinski definition) is 8. The highest BCUT2D eigenvalue weighted by molar-refractivity contribution is 6.06. The highest BCUT2D eigenvalue weighted by atomic mass is 16.5. The summed E-state index contributed by atoms with van der Waals surface area (Å²) in [6, 6.07) is 21.8. The number of hydrogen-bond donors (Lipinski definition) is 4. The van der Waals surface area contributed by atoms with Crippen molar-refractivity contribution in [3.8, 4) is 22.6 Å². The summed E-state index contributed by atoms with van der Waals surface area (Å²) in [7, 11) is 5.09. The summed E-state index contributed by atoms with van der Waals surface area (Å²) in [6.07, 6.45) is 8.96. The van der Waals surface area contributed by atoms with Gasteiger partial charge < -0.3 is 44.8 Å². The fourth-order valence-electron chi connectivity index (χ4n) is 7.24. The SMILES string of the molecule is CCNc1ccc(NC(=O)c2cc(-c3ccc(NC(=O)c4cc(NC(=O)CCCOc5cc6c(cc5OC)C(=O)N5CCCCC5C=N6)cn4C)cc3)cn2C)cc1. The molecule has 0 aliphatic carbocycles. The van der Waals surface area contributed by atoms with E-state index in [9.17, 15) is 19.2 Å². The normalized spacial score (nSPS) is 14.5. The van der Waals surface area contributed by atoms with Crippen molar-refractivity contribution >= 4 is 58.3 Å². The van der Waals surface area contributed by atoms with Crippen LogP contribution < -0.4 is 30.7 Å². The van der Waals surface area contributed by atoms with Crippen LogP contribution in [0.3, 0.4) is 0 Å². The quantitative estimate of drug-likeness (QED) is 0.0850. The van der Waals surface area contributed by atoms with Crippen molar-refractivity contribution in [3.05, 3.63) is 102 Å². The van der Waals surface area contributed by atoms with E-state index in [4.69, 9.17) is 9.47 Å². The second-order valence-corrected chi connectivity index (χ2v) is 14.4. The number of carbonyl (C=O) groups excluding carboxylic acids is 4. The van der Waals surface area contributed by atoms with Crippen LogP contribution in [-0.2, 0) is 18.9 Å². The average Bonchev–Trinajstić information content (AvgIpc) is 3.77. The van der Waals surface area contributed by atoms with Crippen LogP contribution in [0.5, 0.6) is 11.5 Å². The Morgan fingerprint density at radius 2 is 1.45 bits per heavy atom. The van der Waals surface area contributed by atoms with Crippen LogP contribution in [0.4, 0.5) is 28.4 Å². The summed E-state index contributed by atoms with van der Waals surface area (Å²) in [5, 5.41) is 12.0. The smallest absolute Gasteiger partial charge is 0.272 e. The van der Waals surface area contributed by atoms with Crippen molar-refractivity contribution < 1.29 is 28.7 Å². The summed E-state index contributed by atoms with van der Waals surface area (Å²) in [5.41, 5.74) is 6.43. The number of piperidine rings is 1. The molecule has 5 aromatic rings. The molecule has 2 aliphatic rings. The molecule has 300 valence electrons. The highest BCUT2D eigenvalue weighted by Crippen LogP contribution is 2.38. The molecule has 0 radical (unpaired) electrons. The first kappa shape index (κ1) is 39.4. The molecule has 2 aromatic heterocycles. The minimum Gasteiger partial charge on any atom is -0.493 e. The number of nitrogens with zero attached hydrogens (tertiary/aromatic N) is 4. The Labute approximate surface area is 337 Å². The molecular formula is C44H48N8O6. The van der Waals surface area contributed by atoms with Crippen LogP contribution in [0.2, 0.25) is 0 Å². The van der Waals surface area contributed by atoms with Gasteiger partial charge in [0.2, 0.25) is 5.91 Å². The van der Waals surface area contributed by atoms with Gasteiger partial charge in [-0.3, -0.25) is 24.2 Å². The van der Waals surface area contributed by atoms with E-state index in [1.54, 1.807) is 52.7 Å². The van der Waals surface area contributed by atoms with Gasteiger partial charge in [0.15, 0.2) is 11.5 Å². The topological polar surface area (TPSA) is 160 Å². The minimum atomic E-state index is -0.335. The van der Waals surface area contributed by atoms with E-state index in [1.807, 2.05) is 73.7 Å². The number of benzene rings is 3. The van der Waals surface area contributed by atoms with Gasteiger partial charge in [-0.05, 0) is 92.8 Å². The Hall–Kier alpha value is -6.83. The van der Waals surface area contributed by atoms with Gasteiger partial charge in [-0.25, -0.2) is 0 Å². The van der Waals surface area contributed by atoms with E-state index in [1.165, 1.54) is 7.11 Å². The van der Waals surface area contributed by atoms with Crippen LogP contribution in [0, 0.1) is 0 Å². The Bertz CT molecular complexity index is 2340. The number of rotatable bonds is 14. The third-order valence-electron chi connectivity index (χ3n) is 10.3. The third-order valence-corrected chi connectivity index (χ3v) is 10.3. The predicted molar refractivity (Wildman–Crippen MR) is 226 cm³/mol. The van der Waals surface area contributed by atoms with Gasteiger partial charge in [0, 0.05) is 80.9 Å². The molecule has 1 saturated heterocycles. The molecule has 1 unspecified atom stereocenters. The second kappa shape index (κ2) is 17.5. The van der Waals surface area contributed by atoms with Gasteiger partial charge in [-0.2, -0.15) is 0 Å². The highest BCUT2D eigenvalue weighted by Gasteiger charge is 2.31. The van der Waals surface area contributed by atoms with Crippen LogP contribution in [0.25, 0.3) is 11.1 Å². The van der Waals surface area contributed by atoms with Crippen molar-refractivity contribution in [3.63, 3.8) is 0 Å². The molecule has 4 heterocycles.